The van der Waals surface area contributed by atoms with E-state index in [9.17, 15) is 9.59 Å². The predicted octanol–water partition coefficient (Wildman–Crippen LogP) is 1.12. The summed E-state index contributed by atoms with van der Waals surface area (Å²) in [4.78, 5) is 26.7. The third kappa shape index (κ3) is 2.94. The van der Waals surface area contributed by atoms with Gasteiger partial charge in [0, 0.05) is 25.7 Å². The molecule has 1 aromatic heterocycles. The first-order valence-electron chi connectivity index (χ1n) is 5.87. The fourth-order valence-corrected chi connectivity index (χ4v) is 1.81. The van der Waals surface area contributed by atoms with Crippen LogP contribution in [0.15, 0.2) is 18.3 Å². The molecule has 5 heteroatoms. The Balaban J connectivity index is 2.21. The lowest BCUT2D eigenvalue weighted by Crippen LogP contribution is -2.13. The first kappa shape index (κ1) is 12.3. The summed E-state index contributed by atoms with van der Waals surface area (Å²) < 4.78 is 0. The van der Waals surface area contributed by atoms with Crippen molar-refractivity contribution in [3.63, 3.8) is 0 Å². The van der Waals surface area contributed by atoms with Gasteiger partial charge in [-0.1, -0.05) is 0 Å². The minimum absolute atomic E-state index is 0.00917. The van der Waals surface area contributed by atoms with E-state index in [2.05, 4.69) is 15.6 Å². The first-order chi connectivity index (χ1) is 8.69. The maximum Gasteiger partial charge on any atom is 0.243 e. The molecule has 2 amide bonds. The fraction of sp³-hybridized carbons (Fsp3) is 0.308. The van der Waals surface area contributed by atoms with Gasteiger partial charge in [0.25, 0.3) is 0 Å². The number of aryl methyl sites for hydroxylation is 1. The Hall–Kier alpha value is -2.17. The molecule has 0 spiro atoms. The number of carbonyl (C=O) groups excluding carboxylic acids is 2. The molecule has 0 aliphatic carbocycles. The maximum atomic E-state index is 11.4. The van der Waals surface area contributed by atoms with E-state index in [1.54, 1.807) is 19.3 Å². The number of nitrogens with one attached hydrogen (secondary N) is 2. The van der Waals surface area contributed by atoms with Crippen LogP contribution in [-0.4, -0.2) is 23.8 Å². The topological polar surface area (TPSA) is 71.1 Å². The molecule has 2 rings (SSSR count). The van der Waals surface area contributed by atoms with Crippen LogP contribution in [-0.2, 0) is 16.0 Å². The minimum Gasteiger partial charge on any atom is -0.356 e. The van der Waals surface area contributed by atoms with E-state index in [1.165, 1.54) is 6.08 Å². The van der Waals surface area contributed by atoms with Gasteiger partial charge in [-0.15, -0.1) is 0 Å². The summed E-state index contributed by atoms with van der Waals surface area (Å²) in [5, 5.41) is 5.28. The molecule has 5 nitrogen and oxygen atoms in total. The standard InChI is InChI=1S/C13H15N3O2/c1-14-11(17)6-5-9-7-10-3-2-4-12(18)16-13(10)15-8-9/h5-8H,2-4H2,1H3,(H,14,17)(H,15,16,18). The van der Waals surface area contributed by atoms with Gasteiger partial charge in [0.15, 0.2) is 0 Å². The van der Waals surface area contributed by atoms with Crippen molar-refractivity contribution >= 4 is 23.7 Å². The zero-order valence-corrected chi connectivity index (χ0v) is 10.2. The Labute approximate surface area is 105 Å². The molecule has 18 heavy (non-hydrogen) atoms. The average molecular weight is 245 g/mol. The molecule has 0 saturated carbocycles. The van der Waals surface area contributed by atoms with Crippen molar-refractivity contribution in [3.8, 4) is 0 Å². The maximum absolute atomic E-state index is 11.4. The Morgan fingerprint density at radius 3 is 3.11 bits per heavy atom. The summed E-state index contributed by atoms with van der Waals surface area (Å²) in [6, 6.07) is 1.95. The molecule has 94 valence electrons. The number of aromatic nitrogens is 1. The molecule has 2 heterocycles. The van der Waals surface area contributed by atoms with Gasteiger partial charge in [0.1, 0.15) is 5.82 Å². The van der Waals surface area contributed by atoms with Crippen molar-refractivity contribution in [1.29, 1.82) is 0 Å². The zero-order valence-electron chi connectivity index (χ0n) is 10.2. The molecule has 1 aromatic rings. The third-order valence-electron chi connectivity index (χ3n) is 2.77. The number of nitrogens with zero attached hydrogens (tertiary/aromatic N) is 1. The highest BCUT2D eigenvalue weighted by Crippen LogP contribution is 2.21. The lowest BCUT2D eigenvalue weighted by atomic mass is 10.1. The van der Waals surface area contributed by atoms with Crippen LogP contribution in [0, 0.1) is 0 Å². The molecule has 2 N–H and O–H groups in total. The number of anilines is 1. The third-order valence-corrected chi connectivity index (χ3v) is 2.77. The summed E-state index contributed by atoms with van der Waals surface area (Å²) in [5.41, 5.74) is 1.87. The van der Waals surface area contributed by atoms with Gasteiger partial charge < -0.3 is 10.6 Å². The van der Waals surface area contributed by atoms with Crippen LogP contribution in [0.3, 0.4) is 0 Å². The van der Waals surface area contributed by atoms with Gasteiger partial charge in [-0.25, -0.2) is 4.98 Å². The zero-order chi connectivity index (χ0) is 13.0. The van der Waals surface area contributed by atoms with Crippen LogP contribution in [0.1, 0.15) is 24.0 Å². The van der Waals surface area contributed by atoms with E-state index in [1.807, 2.05) is 6.07 Å². The first-order valence-corrected chi connectivity index (χ1v) is 5.87. The minimum atomic E-state index is -0.154. The number of carbonyl (C=O) groups is 2. The van der Waals surface area contributed by atoms with E-state index in [4.69, 9.17) is 0 Å². The van der Waals surface area contributed by atoms with Crippen molar-refractivity contribution in [2.24, 2.45) is 0 Å². The monoisotopic (exact) mass is 245 g/mol. The molecule has 0 saturated heterocycles. The smallest absolute Gasteiger partial charge is 0.243 e. The van der Waals surface area contributed by atoms with Crippen LogP contribution < -0.4 is 10.6 Å². The molecule has 1 aliphatic heterocycles. The quantitative estimate of drug-likeness (QED) is 0.767. The van der Waals surface area contributed by atoms with Crippen molar-refractivity contribution in [3.05, 3.63) is 29.5 Å². The molecule has 1 aliphatic rings. The summed E-state index contributed by atoms with van der Waals surface area (Å²) in [7, 11) is 1.58. The summed E-state index contributed by atoms with van der Waals surface area (Å²) in [6.07, 6.45) is 6.98. The highest BCUT2D eigenvalue weighted by atomic mass is 16.2. The van der Waals surface area contributed by atoms with Crippen molar-refractivity contribution in [1.82, 2.24) is 10.3 Å². The molecular formula is C13H15N3O2. The summed E-state index contributed by atoms with van der Waals surface area (Å²) in [6.45, 7) is 0. The van der Waals surface area contributed by atoms with E-state index in [0.717, 1.165) is 24.0 Å². The number of amides is 2. The molecule has 0 bridgehead atoms. The number of rotatable bonds is 2. The van der Waals surface area contributed by atoms with Gasteiger partial charge in [-0.2, -0.15) is 0 Å². The fourth-order valence-electron chi connectivity index (χ4n) is 1.81. The van der Waals surface area contributed by atoms with Gasteiger partial charge in [0.05, 0.1) is 0 Å². The normalized spacial score (nSPS) is 14.8. The van der Waals surface area contributed by atoms with E-state index < -0.39 is 0 Å². The lowest BCUT2D eigenvalue weighted by Gasteiger charge is -2.05. The SMILES string of the molecule is CNC(=O)C=Cc1cnc2c(c1)CCCC(=O)N2. The number of likely N-dealkylation sites (N-methyl/N-ethyl adjacent to an activating group) is 1. The average Bonchev–Trinajstić information content (AvgIpc) is 2.56. The second kappa shape index (κ2) is 5.44. The number of fused-ring (bicyclic) bond motifs is 1. The second-order valence-corrected chi connectivity index (χ2v) is 4.13. The molecule has 0 radical (unpaired) electrons. The molecule has 0 fully saturated rings. The Bertz CT molecular complexity index is 509. The van der Waals surface area contributed by atoms with Crippen LogP contribution in [0.25, 0.3) is 6.08 Å². The van der Waals surface area contributed by atoms with Crippen molar-refractivity contribution in [2.45, 2.75) is 19.3 Å². The van der Waals surface area contributed by atoms with E-state index >= 15 is 0 Å². The molecular weight excluding hydrogens is 230 g/mol. The van der Waals surface area contributed by atoms with Gasteiger partial charge >= 0.3 is 0 Å². The Morgan fingerprint density at radius 2 is 2.33 bits per heavy atom. The summed E-state index contributed by atoms with van der Waals surface area (Å²) >= 11 is 0. The largest absolute Gasteiger partial charge is 0.356 e. The highest BCUT2D eigenvalue weighted by molar-refractivity contribution is 5.92. The van der Waals surface area contributed by atoms with Crippen LogP contribution >= 0.6 is 0 Å². The van der Waals surface area contributed by atoms with Crippen LogP contribution in [0.2, 0.25) is 0 Å². The van der Waals surface area contributed by atoms with Crippen molar-refractivity contribution < 1.29 is 9.59 Å². The van der Waals surface area contributed by atoms with Gasteiger partial charge in [-0.3, -0.25) is 9.59 Å². The number of pyridine rings is 1. The molecule has 0 aromatic carbocycles. The van der Waals surface area contributed by atoms with Gasteiger partial charge in [-0.05, 0) is 36.1 Å². The van der Waals surface area contributed by atoms with E-state index in [-0.39, 0.29) is 11.8 Å². The van der Waals surface area contributed by atoms with Crippen LogP contribution in [0.4, 0.5) is 5.82 Å². The van der Waals surface area contributed by atoms with Crippen LogP contribution in [0.5, 0.6) is 0 Å². The number of hydrogen-bond donors (Lipinski definition) is 2. The predicted molar refractivity (Wildman–Crippen MR) is 68.9 cm³/mol. The second-order valence-electron chi connectivity index (χ2n) is 4.13. The number of hydrogen-bond acceptors (Lipinski definition) is 3. The van der Waals surface area contributed by atoms with E-state index in [0.29, 0.717) is 12.2 Å². The highest BCUT2D eigenvalue weighted by Gasteiger charge is 2.13. The molecule has 0 unspecified atom stereocenters. The molecule has 0 atom stereocenters. The van der Waals surface area contributed by atoms with Gasteiger partial charge in [0.2, 0.25) is 11.8 Å². The lowest BCUT2D eigenvalue weighted by molar-refractivity contribution is -0.116. The van der Waals surface area contributed by atoms with Crippen molar-refractivity contribution in [2.75, 3.05) is 12.4 Å². The summed E-state index contributed by atoms with van der Waals surface area (Å²) in [5.74, 6) is 0.489. The Morgan fingerprint density at radius 1 is 1.50 bits per heavy atom. The Kier molecular flexibility index (Phi) is 3.72.